The van der Waals surface area contributed by atoms with E-state index in [1.165, 1.54) is 18.4 Å². The van der Waals surface area contributed by atoms with Crippen molar-refractivity contribution in [3.8, 4) is 0 Å². The van der Waals surface area contributed by atoms with Crippen molar-refractivity contribution in [1.82, 2.24) is 24.7 Å². The second kappa shape index (κ2) is 7.66. The largest absolute Gasteiger partial charge is 0.335 e. The van der Waals surface area contributed by atoms with E-state index in [-0.39, 0.29) is 24.5 Å². The quantitative estimate of drug-likeness (QED) is 0.836. The summed E-state index contributed by atoms with van der Waals surface area (Å²) in [6.45, 7) is 6.02. The number of imidazole rings is 1. The van der Waals surface area contributed by atoms with Gasteiger partial charge in [-0.15, -0.1) is 0 Å². The molecule has 7 nitrogen and oxygen atoms in total. The fourth-order valence-corrected chi connectivity index (χ4v) is 3.79. The molecule has 1 aromatic heterocycles. The second-order valence-corrected chi connectivity index (χ2v) is 8.02. The third-order valence-corrected chi connectivity index (χ3v) is 5.53. The van der Waals surface area contributed by atoms with Gasteiger partial charge in [0.05, 0.1) is 19.0 Å². The third-order valence-electron chi connectivity index (χ3n) is 5.53. The predicted octanol–water partition coefficient (Wildman–Crippen LogP) is 2.46. The van der Waals surface area contributed by atoms with Crippen LogP contribution >= 0.6 is 0 Å². The Morgan fingerprint density at radius 2 is 2.14 bits per heavy atom. The first-order chi connectivity index (χ1) is 13.5. The minimum absolute atomic E-state index is 0.0414. The molecule has 1 N–H and O–H groups in total. The second-order valence-electron chi connectivity index (χ2n) is 8.02. The number of aryl methyl sites for hydroxylation is 2. The summed E-state index contributed by atoms with van der Waals surface area (Å²) in [4.78, 5) is 32.7. The van der Waals surface area contributed by atoms with Gasteiger partial charge in [0, 0.05) is 25.5 Å². The van der Waals surface area contributed by atoms with Crippen molar-refractivity contribution < 1.29 is 9.59 Å². The standard InChI is InChI=1S/C21H27N5O2/c1-15-3-6-18(16(2)9-15)19(11-24-8-7-22-13-24)23-21(28)26-12-20(27)25(14-26)10-17-4-5-17/h3,6-9,13,17,19H,4-5,10-12,14H2,1-2H3,(H,23,28). The molecule has 0 spiro atoms. The van der Waals surface area contributed by atoms with Gasteiger partial charge in [-0.2, -0.15) is 0 Å². The highest BCUT2D eigenvalue weighted by Gasteiger charge is 2.35. The predicted molar refractivity (Wildman–Crippen MR) is 105 cm³/mol. The van der Waals surface area contributed by atoms with E-state index < -0.39 is 0 Å². The molecule has 1 aromatic carbocycles. The molecule has 1 aliphatic carbocycles. The lowest BCUT2D eigenvalue weighted by atomic mass is 9.99. The van der Waals surface area contributed by atoms with Crippen molar-refractivity contribution in [3.05, 3.63) is 53.6 Å². The number of nitrogens with one attached hydrogen (secondary N) is 1. The van der Waals surface area contributed by atoms with Gasteiger partial charge in [0.25, 0.3) is 0 Å². The smallest absolute Gasteiger partial charge is 0.319 e. The first kappa shape index (κ1) is 18.5. The lowest BCUT2D eigenvalue weighted by Crippen LogP contribution is -2.42. The van der Waals surface area contributed by atoms with Gasteiger partial charge in [-0.1, -0.05) is 23.8 Å². The van der Waals surface area contributed by atoms with Crippen LogP contribution in [0.2, 0.25) is 0 Å². The lowest BCUT2D eigenvalue weighted by Gasteiger charge is -2.25. The molecule has 0 radical (unpaired) electrons. The number of hydrogen-bond acceptors (Lipinski definition) is 3. The summed E-state index contributed by atoms with van der Waals surface area (Å²) in [6.07, 6.45) is 7.75. The van der Waals surface area contributed by atoms with Crippen LogP contribution in [0.25, 0.3) is 0 Å². The molecule has 0 bridgehead atoms. The van der Waals surface area contributed by atoms with Crippen LogP contribution in [0.4, 0.5) is 4.79 Å². The van der Waals surface area contributed by atoms with E-state index in [0.717, 1.165) is 17.7 Å². The number of benzene rings is 1. The Hall–Kier alpha value is -2.83. The van der Waals surface area contributed by atoms with Crippen LogP contribution in [-0.2, 0) is 11.3 Å². The molecule has 2 heterocycles. The molecule has 7 heteroatoms. The Morgan fingerprint density at radius 3 is 2.82 bits per heavy atom. The van der Waals surface area contributed by atoms with Gasteiger partial charge in [-0.05, 0) is 43.7 Å². The normalized spacial score (nSPS) is 17.9. The Kier molecular flexibility index (Phi) is 5.07. The maximum atomic E-state index is 12.9. The Morgan fingerprint density at radius 1 is 1.32 bits per heavy atom. The molecule has 4 rings (SSSR count). The van der Waals surface area contributed by atoms with Crippen molar-refractivity contribution in [2.24, 2.45) is 5.92 Å². The van der Waals surface area contributed by atoms with E-state index in [9.17, 15) is 9.59 Å². The molecular formula is C21H27N5O2. The van der Waals surface area contributed by atoms with Crippen LogP contribution in [0, 0.1) is 19.8 Å². The first-order valence-electron chi connectivity index (χ1n) is 9.85. The van der Waals surface area contributed by atoms with Gasteiger partial charge < -0.3 is 14.8 Å². The zero-order chi connectivity index (χ0) is 19.7. The third kappa shape index (κ3) is 4.18. The molecule has 1 atom stereocenters. The molecule has 28 heavy (non-hydrogen) atoms. The highest BCUT2D eigenvalue weighted by molar-refractivity contribution is 5.87. The number of hydrogen-bond donors (Lipinski definition) is 1. The Bertz CT molecular complexity index is 860. The summed E-state index contributed by atoms with van der Waals surface area (Å²) in [5.41, 5.74) is 3.40. The molecule has 1 aliphatic heterocycles. The van der Waals surface area contributed by atoms with Crippen LogP contribution < -0.4 is 5.32 Å². The summed E-state index contributed by atoms with van der Waals surface area (Å²) in [6, 6.07) is 5.86. The summed E-state index contributed by atoms with van der Waals surface area (Å²) in [5.74, 6) is 0.663. The maximum Gasteiger partial charge on any atom is 0.319 e. The van der Waals surface area contributed by atoms with E-state index in [2.05, 4.69) is 42.3 Å². The minimum atomic E-state index is -0.199. The van der Waals surface area contributed by atoms with Crippen molar-refractivity contribution in [2.75, 3.05) is 19.8 Å². The SMILES string of the molecule is Cc1ccc(C(Cn2ccnc2)NC(=O)N2CC(=O)N(CC3CC3)C2)c(C)c1. The highest BCUT2D eigenvalue weighted by atomic mass is 16.2. The average Bonchev–Trinajstić information content (AvgIpc) is 3.17. The molecule has 1 unspecified atom stereocenters. The summed E-state index contributed by atoms with van der Waals surface area (Å²) < 4.78 is 1.96. The average molecular weight is 381 g/mol. The molecule has 1 saturated heterocycles. The maximum absolute atomic E-state index is 12.9. The first-order valence-corrected chi connectivity index (χ1v) is 9.85. The van der Waals surface area contributed by atoms with Crippen LogP contribution in [0.3, 0.4) is 0 Å². The molecule has 2 aliphatic rings. The molecule has 148 valence electrons. The number of carbonyl (C=O) groups excluding carboxylic acids is 2. The van der Waals surface area contributed by atoms with Gasteiger partial charge >= 0.3 is 6.03 Å². The van der Waals surface area contributed by atoms with Crippen LogP contribution in [0.1, 0.15) is 35.6 Å². The zero-order valence-electron chi connectivity index (χ0n) is 16.5. The van der Waals surface area contributed by atoms with Gasteiger partial charge in [-0.25, -0.2) is 9.78 Å². The van der Waals surface area contributed by atoms with E-state index in [0.29, 0.717) is 19.1 Å². The van der Waals surface area contributed by atoms with Crippen LogP contribution in [0.15, 0.2) is 36.9 Å². The molecular weight excluding hydrogens is 354 g/mol. The molecule has 2 aromatic rings. The Labute approximate surface area is 165 Å². The van der Waals surface area contributed by atoms with E-state index in [4.69, 9.17) is 0 Å². The van der Waals surface area contributed by atoms with E-state index >= 15 is 0 Å². The van der Waals surface area contributed by atoms with Crippen LogP contribution in [0.5, 0.6) is 0 Å². The van der Waals surface area contributed by atoms with Gasteiger partial charge in [0.2, 0.25) is 5.91 Å². The molecule has 1 saturated carbocycles. The summed E-state index contributed by atoms with van der Waals surface area (Å²) in [5, 5.41) is 3.14. The number of urea groups is 1. The van der Waals surface area contributed by atoms with Crippen molar-refractivity contribution >= 4 is 11.9 Å². The Balaban J connectivity index is 1.48. The van der Waals surface area contributed by atoms with Gasteiger partial charge in [0.15, 0.2) is 0 Å². The zero-order valence-corrected chi connectivity index (χ0v) is 16.5. The molecule has 2 fully saturated rings. The summed E-state index contributed by atoms with van der Waals surface area (Å²) >= 11 is 0. The number of rotatable bonds is 6. The number of carbonyl (C=O) groups is 2. The fraction of sp³-hybridized carbons (Fsp3) is 0.476. The van der Waals surface area contributed by atoms with Gasteiger partial charge in [0.1, 0.15) is 6.54 Å². The van der Waals surface area contributed by atoms with E-state index in [1.807, 2.05) is 10.8 Å². The van der Waals surface area contributed by atoms with Crippen molar-refractivity contribution in [3.63, 3.8) is 0 Å². The fourth-order valence-electron chi connectivity index (χ4n) is 3.79. The molecule has 3 amide bonds. The number of aromatic nitrogens is 2. The van der Waals surface area contributed by atoms with Gasteiger partial charge in [-0.3, -0.25) is 9.69 Å². The summed E-state index contributed by atoms with van der Waals surface area (Å²) in [7, 11) is 0. The topological polar surface area (TPSA) is 70.5 Å². The van der Waals surface area contributed by atoms with E-state index in [1.54, 1.807) is 22.3 Å². The minimum Gasteiger partial charge on any atom is -0.335 e. The number of amides is 3. The van der Waals surface area contributed by atoms with Crippen LogP contribution in [-0.4, -0.2) is 51.0 Å². The monoisotopic (exact) mass is 381 g/mol. The highest BCUT2D eigenvalue weighted by Crippen LogP contribution is 2.30. The van der Waals surface area contributed by atoms with Crippen molar-refractivity contribution in [2.45, 2.75) is 39.3 Å². The number of nitrogens with zero attached hydrogens (tertiary/aromatic N) is 4. The lowest BCUT2D eigenvalue weighted by molar-refractivity contribution is -0.126. The van der Waals surface area contributed by atoms with Crippen molar-refractivity contribution in [1.29, 1.82) is 0 Å².